The standard InChI is InChI=1S/C16H19BrClNS/c1-3-9-19-14(4-2)16-8-7-15(20-16)12-6-5-11(17)10-13(12)18/h5-8,10,14,19H,3-4,9H2,1-2H3. The summed E-state index contributed by atoms with van der Waals surface area (Å²) in [6.45, 7) is 5.48. The molecule has 2 aromatic rings. The summed E-state index contributed by atoms with van der Waals surface area (Å²) in [5.41, 5.74) is 1.11. The number of rotatable bonds is 6. The van der Waals surface area contributed by atoms with Gasteiger partial charge in [0.1, 0.15) is 0 Å². The fraction of sp³-hybridized carbons (Fsp3) is 0.375. The molecule has 1 aromatic carbocycles. The summed E-state index contributed by atoms with van der Waals surface area (Å²) >= 11 is 11.6. The maximum absolute atomic E-state index is 6.33. The molecule has 0 aliphatic heterocycles. The average molecular weight is 373 g/mol. The second-order valence-corrected chi connectivity index (χ2v) is 7.18. The molecule has 0 aliphatic rings. The Kier molecular flexibility index (Phi) is 6.09. The molecule has 0 fully saturated rings. The van der Waals surface area contributed by atoms with Crippen LogP contribution < -0.4 is 5.32 Å². The van der Waals surface area contributed by atoms with E-state index in [4.69, 9.17) is 11.6 Å². The molecule has 1 nitrogen and oxygen atoms in total. The van der Waals surface area contributed by atoms with Crippen LogP contribution in [0.25, 0.3) is 10.4 Å². The number of halogens is 2. The van der Waals surface area contributed by atoms with Crippen LogP contribution in [-0.4, -0.2) is 6.54 Å². The van der Waals surface area contributed by atoms with Crippen LogP contribution in [0, 0.1) is 0 Å². The molecule has 0 radical (unpaired) electrons. The Morgan fingerprint density at radius 1 is 1.25 bits per heavy atom. The summed E-state index contributed by atoms with van der Waals surface area (Å²) in [7, 11) is 0. The molecule has 1 unspecified atom stereocenters. The molecule has 4 heteroatoms. The van der Waals surface area contributed by atoms with Gasteiger partial charge < -0.3 is 5.32 Å². The first kappa shape index (κ1) is 16.0. The van der Waals surface area contributed by atoms with Gasteiger partial charge in [0.05, 0.1) is 5.02 Å². The van der Waals surface area contributed by atoms with E-state index in [2.05, 4.69) is 53.3 Å². The summed E-state index contributed by atoms with van der Waals surface area (Å²) in [6, 6.07) is 10.9. The molecule has 20 heavy (non-hydrogen) atoms. The Morgan fingerprint density at radius 3 is 2.70 bits per heavy atom. The molecular weight excluding hydrogens is 354 g/mol. The Labute approximate surface area is 138 Å². The van der Waals surface area contributed by atoms with Crippen molar-refractivity contribution < 1.29 is 0 Å². The highest BCUT2D eigenvalue weighted by Crippen LogP contribution is 2.37. The third kappa shape index (κ3) is 3.85. The van der Waals surface area contributed by atoms with Crippen molar-refractivity contribution in [1.82, 2.24) is 5.32 Å². The zero-order chi connectivity index (χ0) is 14.5. The van der Waals surface area contributed by atoms with E-state index >= 15 is 0 Å². The van der Waals surface area contributed by atoms with Gasteiger partial charge in [0.25, 0.3) is 0 Å². The van der Waals surface area contributed by atoms with E-state index in [0.29, 0.717) is 6.04 Å². The van der Waals surface area contributed by atoms with Gasteiger partial charge >= 0.3 is 0 Å². The molecule has 1 N–H and O–H groups in total. The molecule has 0 saturated carbocycles. The van der Waals surface area contributed by atoms with E-state index in [9.17, 15) is 0 Å². The monoisotopic (exact) mass is 371 g/mol. The molecule has 0 saturated heterocycles. The lowest BCUT2D eigenvalue weighted by Gasteiger charge is -2.14. The highest BCUT2D eigenvalue weighted by Gasteiger charge is 2.13. The van der Waals surface area contributed by atoms with Gasteiger partial charge in [-0.2, -0.15) is 0 Å². The van der Waals surface area contributed by atoms with Crippen LogP contribution >= 0.6 is 38.9 Å². The number of hydrogen-bond acceptors (Lipinski definition) is 2. The average Bonchev–Trinajstić information content (AvgIpc) is 2.89. The van der Waals surface area contributed by atoms with Crippen molar-refractivity contribution in [2.75, 3.05) is 6.54 Å². The highest BCUT2D eigenvalue weighted by molar-refractivity contribution is 9.10. The SMILES string of the molecule is CCCNC(CC)c1ccc(-c2ccc(Br)cc2Cl)s1. The quantitative estimate of drug-likeness (QED) is 0.629. The molecule has 0 spiro atoms. The molecule has 0 aliphatic carbocycles. The van der Waals surface area contributed by atoms with Crippen LogP contribution in [-0.2, 0) is 0 Å². The molecule has 108 valence electrons. The Balaban J connectivity index is 2.23. The minimum Gasteiger partial charge on any atom is -0.309 e. The second kappa shape index (κ2) is 7.60. The topological polar surface area (TPSA) is 12.0 Å². The second-order valence-electron chi connectivity index (χ2n) is 4.74. The van der Waals surface area contributed by atoms with E-state index in [1.54, 1.807) is 0 Å². The zero-order valence-electron chi connectivity index (χ0n) is 11.7. The van der Waals surface area contributed by atoms with Crippen LogP contribution in [0.2, 0.25) is 5.02 Å². The van der Waals surface area contributed by atoms with Gasteiger partial charge in [-0.15, -0.1) is 11.3 Å². The minimum absolute atomic E-state index is 0.447. The molecule has 2 rings (SSSR count). The van der Waals surface area contributed by atoms with Crippen molar-refractivity contribution in [3.8, 4) is 10.4 Å². The summed E-state index contributed by atoms with van der Waals surface area (Å²) in [6.07, 6.45) is 2.27. The van der Waals surface area contributed by atoms with Crippen molar-refractivity contribution >= 4 is 38.9 Å². The number of thiophene rings is 1. The first-order valence-corrected chi connectivity index (χ1v) is 8.93. The summed E-state index contributed by atoms with van der Waals surface area (Å²) in [4.78, 5) is 2.61. The van der Waals surface area contributed by atoms with Gasteiger partial charge in [-0.1, -0.05) is 47.4 Å². The molecule has 1 atom stereocenters. The predicted octanol–water partition coefficient (Wildman–Crippen LogP) is 6.28. The van der Waals surface area contributed by atoms with Crippen LogP contribution in [0.5, 0.6) is 0 Å². The minimum atomic E-state index is 0.447. The first-order valence-electron chi connectivity index (χ1n) is 6.94. The van der Waals surface area contributed by atoms with E-state index < -0.39 is 0 Å². The van der Waals surface area contributed by atoms with Gasteiger partial charge in [0.15, 0.2) is 0 Å². The lowest BCUT2D eigenvalue weighted by atomic mass is 10.1. The van der Waals surface area contributed by atoms with E-state index in [1.807, 2.05) is 23.5 Å². The number of hydrogen-bond donors (Lipinski definition) is 1. The van der Waals surface area contributed by atoms with Crippen molar-refractivity contribution in [3.05, 3.63) is 44.7 Å². The molecule has 1 aromatic heterocycles. The van der Waals surface area contributed by atoms with Crippen molar-refractivity contribution in [2.45, 2.75) is 32.7 Å². The molecule has 1 heterocycles. The Hall–Kier alpha value is -0.350. The van der Waals surface area contributed by atoms with E-state index in [-0.39, 0.29) is 0 Å². The van der Waals surface area contributed by atoms with Gasteiger partial charge in [0.2, 0.25) is 0 Å². The van der Waals surface area contributed by atoms with Crippen LogP contribution in [0.1, 0.15) is 37.6 Å². The maximum atomic E-state index is 6.33. The predicted molar refractivity (Wildman–Crippen MR) is 93.8 cm³/mol. The molecule has 0 bridgehead atoms. The van der Waals surface area contributed by atoms with E-state index in [1.165, 1.54) is 9.75 Å². The van der Waals surface area contributed by atoms with Gasteiger partial charge in [0, 0.05) is 25.8 Å². The van der Waals surface area contributed by atoms with Gasteiger partial charge in [-0.25, -0.2) is 0 Å². The van der Waals surface area contributed by atoms with Crippen LogP contribution in [0.3, 0.4) is 0 Å². The van der Waals surface area contributed by atoms with Crippen LogP contribution in [0.15, 0.2) is 34.8 Å². The van der Waals surface area contributed by atoms with Crippen molar-refractivity contribution in [1.29, 1.82) is 0 Å². The Morgan fingerprint density at radius 2 is 2.05 bits per heavy atom. The summed E-state index contributed by atoms with van der Waals surface area (Å²) < 4.78 is 1.01. The molecular formula is C16H19BrClNS. The normalized spacial score (nSPS) is 12.6. The summed E-state index contributed by atoms with van der Waals surface area (Å²) in [5, 5.41) is 4.39. The zero-order valence-corrected chi connectivity index (χ0v) is 14.9. The van der Waals surface area contributed by atoms with Gasteiger partial charge in [-0.3, -0.25) is 0 Å². The molecule has 0 amide bonds. The fourth-order valence-corrected chi connectivity index (χ4v) is 4.18. The number of nitrogens with one attached hydrogen (secondary N) is 1. The maximum Gasteiger partial charge on any atom is 0.0503 e. The van der Waals surface area contributed by atoms with Crippen LogP contribution in [0.4, 0.5) is 0 Å². The highest BCUT2D eigenvalue weighted by atomic mass is 79.9. The summed E-state index contributed by atoms with van der Waals surface area (Å²) in [5.74, 6) is 0. The Bertz CT molecular complexity index is 567. The third-order valence-electron chi connectivity index (χ3n) is 3.22. The lowest BCUT2D eigenvalue weighted by Crippen LogP contribution is -2.20. The third-order valence-corrected chi connectivity index (χ3v) is 5.25. The van der Waals surface area contributed by atoms with Gasteiger partial charge in [-0.05, 0) is 43.7 Å². The van der Waals surface area contributed by atoms with E-state index in [0.717, 1.165) is 34.4 Å². The first-order chi connectivity index (χ1) is 9.65. The van der Waals surface area contributed by atoms with Crippen molar-refractivity contribution in [2.24, 2.45) is 0 Å². The lowest BCUT2D eigenvalue weighted by molar-refractivity contribution is 0.525. The number of benzene rings is 1. The largest absolute Gasteiger partial charge is 0.309 e. The van der Waals surface area contributed by atoms with Crippen molar-refractivity contribution in [3.63, 3.8) is 0 Å². The fourth-order valence-electron chi connectivity index (χ4n) is 2.14. The smallest absolute Gasteiger partial charge is 0.0503 e.